The average Bonchev–Trinajstić information content (AvgIpc) is 2.27. The van der Waals surface area contributed by atoms with Crippen molar-refractivity contribution in [2.45, 2.75) is 40.0 Å². The first-order valence-corrected chi connectivity index (χ1v) is 6.58. The van der Waals surface area contributed by atoms with Gasteiger partial charge in [0.15, 0.2) is 5.78 Å². The van der Waals surface area contributed by atoms with Gasteiger partial charge in [0.1, 0.15) is 5.75 Å². The zero-order valence-corrected chi connectivity index (χ0v) is 12.3. The highest BCUT2D eigenvalue weighted by atomic mass is 35.5. The van der Waals surface area contributed by atoms with Crippen molar-refractivity contribution in [2.24, 2.45) is 5.41 Å². The van der Waals surface area contributed by atoms with Gasteiger partial charge in [-0.25, -0.2) is 0 Å². The molecule has 0 aliphatic heterocycles. The van der Waals surface area contributed by atoms with Crippen LogP contribution in [-0.4, -0.2) is 12.9 Å². The van der Waals surface area contributed by atoms with E-state index in [0.29, 0.717) is 22.8 Å². The van der Waals surface area contributed by atoms with Crippen LogP contribution in [0, 0.1) is 5.41 Å². The molecule has 0 atom stereocenters. The fraction of sp³-hybridized carbons (Fsp3) is 0.533. The highest BCUT2D eigenvalue weighted by molar-refractivity contribution is 6.31. The van der Waals surface area contributed by atoms with Crippen LogP contribution >= 0.6 is 11.6 Å². The lowest BCUT2D eigenvalue weighted by molar-refractivity contribution is 0.0973. The first-order chi connectivity index (χ1) is 8.33. The zero-order chi connectivity index (χ0) is 13.8. The topological polar surface area (TPSA) is 26.3 Å². The minimum Gasteiger partial charge on any atom is -0.496 e. The van der Waals surface area contributed by atoms with Crippen LogP contribution in [-0.2, 0) is 0 Å². The molecule has 1 rings (SSSR count). The minimum atomic E-state index is 0.0959. The van der Waals surface area contributed by atoms with E-state index < -0.39 is 0 Å². The van der Waals surface area contributed by atoms with E-state index in [-0.39, 0.29) is 11.2 Å². The van der Waals surface area contributed by atoms with Crippen LogP contribution in [0.2, 0.25) is 5.02 Å². The van der Waals surface area contributed by atoms with Crippen molar-refractivity contribution in [3.8, 4) is 5.75 Å². The molecule has 0 saturated carbocycles. The molecule has 1 aromatic rings. The molecule has 100 valence electrons. The molecule has 3 heteroatoms. The number of benzene rings is 1. The summed E-state index contributed by atoms with van der Waals surface area (Å²) < 4.78 is 5.19. The van der Waals surface area contributed by atoms with Crippen LogP contribution in [0.3, 0.4) is 0 Å². The first-order valence-electron chi connectivity index (χ1n) is 6.20. The molecule has 0 fully saturated rings. The lowest BCUT2D eigenvalue weighted by atomic mass is 9.89. The summed E-state index contributed by atoms with van der Waals surface area (Å²) in [6, 6.07) is 5.14. The summed E-state index contributed by atoms with van der Waals surface area (Å²) in [5.41, 5.74) is 0.845. The van der Waals surface area contributed by atoms with Gasteiger partial charge in [0, 0.05) is 11.4 Å². The highest BCUT2D eigenvalue weighted by Crippen LogP contribution is 2.26. The van der Waals surface area contributed by atoms with Crippen LogP contribution in [0.5, 0.6) is 5.75 Å². The van der Waals surface area contributed by atoms with E-state index >= 15 is 0 Å². The third-order valence-corrected chi connectivity index (χ3v) is 3.03. The molecular formula is C15H21ClO2. The molecule has 1 aromatic carbocycles. The Morgan fingerprint density at radius 3 is 2.56 bits per heavy atom. The summed E-state index contributed by atoms with van der Waals surface area (Å²) in [5, 5.41) is 0.565. The van der Waals surface area contributed by atoms with Gasteiger partial charge in [0.25, 0.3) is 0 Å². The Morgan fingerprint density at radius 2 is 2.00 bits per heavy atom. The Morgan fingerprint density at radius 1 is 1.33 bits per heavy atom. The number of ketones is 1. The number of methoxy groups -OCH3 is 1. The Bertz CT molecular complexity index is 419. The quantitative estimate of drug-likeness (QED) is 0.721. The smallest absolute Gasteiger partial charge is 0.166 e. The zero-order valence-electron chi connectivity index (χ0n) is 11.5. The molecule has 0 saturated heterocycles. The highest BCUT2D eigenvalue weighted by Gasteiger charge is 2.15. The van der Waals surface area contributed by atoms with E-state index in [4.69, 9.17) is 16.3 Å². The van der Waals surface area contributed by atoms with Crippen molar-refractivity contribution in [2.75, 3.05) is 7.11 Å². The van der Waals surface area contributed by atoms with Crippen molar-refractivity contribution < 1.29 is 9.53 Å². The predicted octanol–water partition coefficient (Wildman–Crippen LogP) is 4.75. The molecule has 0 spiro atoms. The fourth-order valence-corrected chi connectivity index (χ4v) is 1.98. The van der Waals surface area contributed by atoms with Crippen LogP contribution in [0.15, 0.2) is 18.2 Å². The summed E-state index contributed by atoms with van der Waals surface area (Å²) in [7, 11) is 1.56. The summed E-state index contributed by atoms with van der Waals surface area (Å²) in [4.78, 5) is 12.1. The molecular weight excluding hydrogens is 248 g/mol. The molecule has 0 heterocycles. The van der Waals surface area contributed by atoms with E-state index in [9.17, 15) is 4.79 Å². The van der Waals surface area contributed by atoms with E-state index in [0.717, 1.165) is 12.8 Å². The van der Waals surface area contributed by atoms with Crippen molar-refractivity contribution in [1.82, 2.24) is 0 Å². The van der Waals surface area contributed by atoms with Gasteiger partial charge in [-0.2, -0.15) is 0 Å². The van der Waals surface area contributed by atoms with Crippen LogP contribution in [0.25, 0.3) is 0 Å². The minimum absolute atomic E-state index is 0.0959. The Hall–Kier alpha value is -1.02. The molecule has 0 aliphatic rings. The van der Waals surface area contributed by atoms with Crippen LogP contribution < -0.4 is 4.74 Å². The second-order valence-electron chi connectivity index (χ2n) is 5.68. The summed E-state index contributed by atoms with van der Waals surface area (Å²) in [6.07, 6.45) is 2.45. The second kappa shape index (κ2) is 6.24. The number of halogens is 1. The Labute approximate surface area is 114 Å². The third kappa shape index (κ3) is 4.69. The van der Waals surface area contributed by atoms with Crippen molar-refractivity contribution in [3.63, 3.8) is 0 Å². The van der Waals surface area contributed by atoms with E-state index in [1.807, 2.05) is 0 Å². The number of hydrogen-bond donors (Lipinski definition) is 0. The molecule has 18 heavy (non-hydrogen) atoms. The van der Waals surface area contributed by atoms with Gasteiger partial charge < -0.3 is 4.74 Å². The fourth-order valence-electron chi connectivity index (χ4n) is 1.81. The van der Waals surface area contributed by atoms with Crippen molar-refractivity contribution in [1.29, 1.82) is 0 Å². The van der Waals surface area contributed by atoms with Gasteiger partial charge in [-0.3, -0.25) is 4.79 Å². The maximum absolute atomic E-state index is 12.1. The van der Waals surface area contributed by atoms with E-state index in [2.05, 4.69) is 20.8 Å². The largest absolute Gasteiger partial charge is 0.496 e. The lowest BCUT2D eigenvalue weighted by Crippen LogP contribution is -2.07. The van der Waals surface area contributed by atoms with Crippen LogP contribution in [0.1, 0.15) is 50.4 Å². The van der Waals surface area contributed by atoms with Gasteiger partial charge in [-0.15, -0.1) is 0 Å². The number of rotatable bonds is 5. The van der Waals surface area contributed by atoms with Gasteiger partial charge in [-0.1, -0.05) is 32.4 Å². The van der Waals surface area contributed by atoms with E-state index in [1.54, 1.807) is 25.3 Å². The summed E-state index contributed by atoms with van der Waals surface area (Å²) in [6.45, 7) is 6.53. The third-order valence-electron chi connectivity index (χ3n) is 2.79. The Balaban J connectivity index is 2.69. The van der Waals surface area contributed by atoms with Crippen molar-refractivity contribution in [3.05, 3.63) is 28.8 Å². The molecule has 0 radical (unpaired) electrons. The monoisotopic (exact) mass is 268 g/mol. The lowest BCUT2D eigenvalue weighted by Gasteiger charge is -2.17. The number of carbonyl (C=O) groups excluding carboxylic acids is 1. The second-order valence-corrected chi connectivity index (χ2v) is 6.12. The molecule has 0 bridgehead atoms. The molecule has 0 aromatic heterocycles. The average molecular weight is 269 g/mol. The van der Waals surface area contributed by atoms with Gasteiger partial charge in [0.05, 0.1) is 12.7 Å². The van der Waals surface area contributed by atoms with Crippen molar-refractivity contribution >= 4 is 17.4 Å². The number of Topliss-reactive ketones (excluding diaryl/α,β-unsaturated/α-hetero) is 1. The maximum Gasteiger partial charge on any atom is 0.166 e. The van der Waals surface area contributed by atoms with E-state index in [1.165, 1.54) is 0 Å². The predicted molar refractivity (Wildman–Crippen MR) is 75.6 cm³/mol. The van der Waals surface area contributed by atoms with Crippen LogP contribution in [0.4, 0.5) is 0 Å². The number of hydrogen-bond acceptors (Lipinski definition) is 2. The first kappa shape index (κ1) is 15.0. The molecule has 0 unspecified atom stereocenters. The maximum atomic E-state index is 12.1. The molecule has 0 amide bonds. The van der Waals surface area contributed by atoms with Gasteiger partial charge in [-0.05, 0) is 36.5 Å². The summed E-state index contributed by atoms with van der Waals surface area (Å²) >= 11 is 5.92. The standard InChI is InChI=1S/C15H21ClO2/c1-15(2,3)9-5-6-13(17)12-10-11(16)7-8-14(12)18-4/h7-8,10H,5-6,9H2,1-4H3. The number of carbonyl (C=O) groups is 1. The Kier molecular flexibility index (Phi) is 5.21. The molecule has 0 N–H and O–H groups in total. The molecule has 0 aliphatic carbocycles. The van der Waals surface area contributed by atoms with Gasteiger partial charge >= 0.3 is 0 Å². The number of ether oxygens (including phenoxy) is 1. The molecule has 2 nitrogen and oxygen atoms in total. The summed E-state index contributed by atoms with van der Waals surface area (Å²) in [5.74, 6) is 0.693. The SMILES string of the molecule is COc1ccc(Cl)cc1C(=O)CCCC(C)(C)C. The van der Waals surface area contributed by atoms with Gasteiger partial charge in [0.2, 0.25) is 0 Å². The normalized spacial score (nSPS) is 11.4.